The van der Waals surface area contributed by atoms with Crippen LogP contribution in [0.5, 0.6) is 0 Å². The van der Waals surface area contributed by atoms with Gasteiger partial charge in [-0.2, -0.15) is 0 Å². The van der Waals surface area contributed by atoms with E-state index in [9.17, 15) is 4.79 Å². The van der Waals surface area contributed by atoms with Crippen molar-refractivity contribution in [1.29, 1.82) is 0 Å². The molecular weight excluding hydrogens is 218 g/mol. The number of nitrogens with zero attached hydrogens (tertiary/aromatic N) is 3. The van der Waals surface area contributed by atoms with Crippen molar-refractivity contribution in [3.05, 3.63) is 23.8 Å². The van der Waals surface area contributed by atoms with Crippen LogP contribution in [0.2, 0.25) is 0 Å². The second-order valence-electron chi connectivity index (χ2n) is 4.18. The van der Waals surface area contributed by atoms with Gasteiger partial charge in [0.25, 0.3) is 0 Å². The van der Waals surface area contributed by atoms with E-state index in [2.05, 4.69) is 21.8 Å². The van der Waals surface area contributed by atoms with Crippen LogP contribution in [0, 0.1) is 6.92 Å². The van der Waals surface area contributed by atoms with Crippen LogP contribution in [0.4, 0.5) is 0 Å². The van der Waals surface area contributed by atoms with E-state index >= 15 is 0 Å². The lowest BCUT2D eigenvalue weighted by molar-refractivity contribution is -0.137. The average molecular weight is 237 g/mol. The number of aryl methyl sites for hydroxylation is 1. The monoisotopic (exact) mass is 237 g/mol. The van der Waals surface area contributed by atoms with Crippen LogP contribution >= 0.6 is 0 Å². The summed E-state index contributed by atoms with van der Waals surface area (Å²) in [7, 11) is 1.97. The van der Waals surface area contributed by atoms with Crippen molar-refractivity contribution in [2.24, 2.45) is 0 Å². The maximum absolute atomic E-state index is 10.4. The van der Waals surface area contributed by atoms with E-state index in [0.29, 0.717) is 6.42 Å². The first-order valence-electron chi connectivity index (χ1n) is 5.72. The molecule has 0 aliphatic carbocycles. The van der Waals surface area contributed by atoms with E-state index in [1.165, 1.54) is 0 Å². The highest BCUT2D eigenvalue weighted by Gasteiger charge is 2.15. The standard InChI is InChI=1S/C12H19N3O2/c1-9-12(14-7-6-13-9)10(2)15(3)8-4-5-11(16)17/h6-7,10H,4-5,8H2,1-3H3,(H,16,17). The molecule has 0 amide bonds. The van der Waals surface area contributed by atoms with Crippen LogP contribution < -0.4 is 0 Å². The zero-order valence-electron chi connectivity index (χ0n) is 10.6. The van der Waals surface area contributed by atoms with Gasteiger partial charge in [-0.25, -0.2) is 0 Å². The fraction of sp³-hybridized carbons (Fsp3) is 0.583. The Labute approximate surface area is 102 Å². The lowest BCUT2D eigenvalue weighted by Gasteiger charge is -2.24. The summed E-state index contributed by atoms with van der Waals surface area (Å²) < 4.78 is 0. The highest BCUT2D eigenvalue weighted by Crippen LogP contribution is 2.18. The fourth-order valence-corrected chi connectivity index (χ4v) is 1.71. The largest absolute Gasteiger partial charge is 0.481 e. The Hall–Kier alpha value is -1.49. The van der Waals surface area contributed by atoms with Crippen LogP contribution in [-0.2, 0) is 4.79 Å². The highest BCUT2D eigenvalue weighted by atomic mass is 16.4. The zero-order valence-corrected chi connectivity index (χ0v) is 10.6. The zero-order chi connectivity index (χ0) is 12.8. The maximum Gasteiger partial charge on any atom is 0.303 e. The third kappa shape index (κ3) is 4.11. The number of aromatic nitrogens is 2. The van der Waals surface area contributed by atoms with E-state index < -0.39 is 5.97 Å². The molecule has 1 atom stereocenters. The van der Waals surface area contributed by atoms with Crippen molar-refractivity contribution in [3.8, 4) is 0 Å². The summed E-state index contributed by atoms with van der Waals surface area (Å²) in [4.78, 5) is 21.1. The van der Waals surface area contributed by atoms with Crippen molar-refractivity contribution >= 4 is 5.97 Å². The number of carboxylic acids is 1. The minimum absolute atomic E-state index is 0.150. The van der Waals surface area contributed by atoms with Gasteiger partial charge in [0.1, 0.15) is 0 Å². The van der Waals surface area contributed by atoms with Crippen molar-refractivity contribution < 1.29 is 9.90 Å². The Bertz CT molecular complexity index is 382. The number of hydrogen-bond acceptors (Lipinski definition) is 4. The molecule has 94 valence electrons. The molecule has 0 aliphatic rings. The Morgan fingerprint density at radius 2 is 2.12 bits per heavy atom. The average Bonchev–Trinajstić information content (AvgIpc) is 2.28. The van der Waals surface area contributed by atoms with E-state index in [0.717, 1.165) is 17.9 Å². The lowest BCUT2D eigenvalue weighted by Crippen LogP contribution is -2.25. The van der Waals surface area contributed by atoms with Crippen molar-refractivity contribution in [3.63, 3.8) is 0 Å². The smallest absolute Gasteiger partial charge is 0.303 e. The molecule has 1 rings (SSSR count). The second-order valence-corrected chi connectivity index (χ2v) is 4.18. The van der Waals surface area contributed by atoms with Gasteiger partial charge in [-0.15, -0.1) is 0 Å². The third-order valence-corrected chi connectivity index (χ3v) is 2.88. The van der Waals surface area contributed by atoms with Gasteiger partial charge in [0.15, 0.2) is 0 Å². The minimum atomic E-state index is -0.748. The first-order valence-corrected chi connectivity index (χ1v) is 5.72. The van der Waals surface area contributed by atoms with Crippen LogP contribution in [-0.4, -0.2) is 39.5 Å². The summed E-state index contributed by atoms with van der Waals surface area (Å²) in [6.45, 7) is 4.73. The molecule has 0 aromatic carbocycles. The highest BCUT2D eigenvalue weighted by molar-refractivity contribution is 5.66. The van der Waals surface area contributed by atoms with Crippen LogP contribution in [0.3, 0.4) is 0 Å². The van der Waals surface area contributed by atoms with Gasteiger partial charge in [-0.1, -0.05) is 0 Å². The van der Waals surface area contributed by atoms with Gasteiger partial charge in [0, 0.05) is 18.8 Å². The molecule has 1 aromatic rings. The molecule has 1 unspecified atom stereocenters. The fourth-order valence-electron chi connectivity index (χ4n) is 1.71. The Morgan fingerprint density at radius 1 is 1.47 bits per heavy atom. The first kappa shape index (κ1) is 13.6. The third-order valence-electron chi connectivity index (χ3n) is 2.88. The Balaban J connectivity index is 2.55. The SMILES string of the molecule is Cc1nccnc1C(C)N(C)CCCC(=O)O. The summed E-state index contributed by atoms with van der Waals surface area (Å²) >= 11 is 0. The summed E-state index contributed by atoms with van der Waals surface area (Å²) in [5.41, 5.74) is 1.87. The van der Waals surface area contributed by atoms with Crippen LogP contribution in [0.1, 0.15) is 37.2 Å². The van der Waals surface area contributed by atoms with Gasteiger partial charge in [0.2, 0.25) is 0 Å². The minimum Gasteiger partial charge on any atom is -0.481 e. The maximum atomic E-state index is 10.4. The summed E-state index contributed by atoms with van der Waals surface area (Å²) in [5.74, 6) is -0.748. The van der Waals surface area contributed by atoms with E-state index in [4.69, 9.17) is 5.11 Å². The lowest BCUT2D eigenvalue weighted by atomic mass is 10.1. The molecule has 1 aromatic heterocycles. The molecule has 0 aliphatic heterocycles. The molecule has 5 heteroatoms. The Kier molecular flexibility index (Phi) is 5.03. The number of carbonyl (C=O) groups is 1. The normalized spacial score (nSPS) is 12.7. The summed E-state index contributed by atoms with van der Waals surface area (Å²) in [6.07, 6.45) is 4.21. The molecule has 0 saturated heterocycles. The predicted octanol–water partition coefficient (Wildman–Crippen LogP) is 1.64. The molecule has 0 radical (unpaired) electrons. The van der Waals surface area contributed by atoms with Crippen molar-refractivity contribution in [1.82, 2.24) is 14.9 Å². The molecular formula is C12H19N3O2. The molecule has 5 nitrogen and oxygen atoms in total. The molecule has 1 N–H and O–H groups in total. The molecule has 0 saturated carbocycles. The molecule has 0 fully saturated rings. The van der Waals surface area contributed by atoms with Crippen molar-refractivity contribution in [2.45, 2.75) is 32.7 Å². The summed E-state index contributed by atoms with van der Waals surface area (Å²) in [6, 6.07) is 0.150. The quantitative estimate of drug-likeness (QED) is 0.814. The van der Waals surface area contributed by atoms with Gasteiger partial charge < -0.3 is 5.11 Å². The van der Waals surface area contributed by atoms with E-state index in [-0.39, 0.29) is 12.5 Å². The first-order chi connectivity index (χ1) is 8.02. The number of carboxylic acid groups (broad SMARTS) is 1. The van der Waals surface area contributed by atoms with Gasteiger partial charge in [-0.3, -0.25) is 19.7 Å². The topological polar surface area (TPSA) is 66.3 Å². The van der Waals surface area contributed by atoms with E-state index in [1.807, 2.05) is 14.0 Å². The molecule has 0 spiro atoms. The van der Waals surface area contributed by atoms with Crippen molar-refractivity contribution in [2.75, 3.05) is 13.6 Å². The van der Waals surface area contributed by atoms with Crippen LogP contribution in [0.15, 0.2) is 12.4 Å². The second kappa shape index (κ2) is 6.30. The Morgan fingerprint density at radius 3 is 2.71 bits per heavy atom. The number of rotatable bonds is 6. The van der Waals surface area contributed by atoms with Gasteiger partial charge in [0.05, 0.1) is 17.4 Å². The molecule has 17 heavy (non-hydrogen) atoms. The number of aliphatic carboxylic acids is 1. The molecule has 0 bridgehead atoms. The van der Waals surface area contributed by atoms with E-state index in [1.54, 1.807) is 12.4 Å². The summed E-state index contributed by atoms with van der Waals surface area (Å²) in [5, 5.41) is 8.59. The predicted molar refractivity (Wildman–Crippen MR) is 64.7 cm³/mol. The van der Waals surface area contributed by atoms with Crippen LogP contribution in [0.25, 0.3) is 0 Å². The number of hydrogen-bond donors (Lipinski definition) is 1. The van der Waals surface area contributed by atoms with Gasteiger partial charge in [-0.05, 0) is 33.9 Å². The molecule has 1 heterocycles. The van der Waals surface area contributed by atoms with Gasteiger partial charge >= 0.3 is 5.97 Å².